The van der Waals surface area contributed by atoms with Gasteiger partial charge in [-0.3, -0.25) is 0 Å². The first-order valence-corrected chi connectivity index (χ1v) is 15.3. The van der Waals surface area contributed by atoms with Crippen molar-refractivity contribution in [2.45, 2.75) is 0 Å². The van der Waals surface area contributed by atoms with Gasteiger partial charge in [-0.15, -0.1) is 0 Å². The quantitative estimate of drug-likeness (QED) is 0.161. The molecule has 0 amide bonds. The zero-order valence-electron chi connectivity index (χ0n) is 17.8. The Balaban J connectivity index is -0.0000000198. The van der Waals surface area contributed by atoms with Gasteiger partial charge < -0.3 is 135 Å². The average molecular weight is 889 g/mol. The van der Waals surface area contributed by atoms with Crippen LogP contribution in [0.1, 0.15) is 0 Å². The third-order valence-corrected chi connectivity index (χ3v) is 0. The molecule has 0 aromatic heterocycles. The monoisotopic (exact) mass is 889 g/mol. The molecule has 0 aromatic rings. The minimum absolute atomic E-state index is 0. The molecule has 0 saturated heterocycles. The molecule has 0 saturated carbocycles. The zero-order valence-corrected chi connectivity index (χ0v) is 32.2. The van der Waals surface area contributed by atoms with Crippen LogP contribution in [0.4, 0.5) is 0 Å². The first kappa shape index (κ1) is 85.3. The van der Waals surface area contributed by atoms with Crippen LogP contribution in [-0.4, -0.2) is 52.1 Å². The molecule has 0 radical (unpaired) electrons. The van der Waals surface area contributed by atoms with Crippen molar-refractivity contribution in [1.82, 2.24) is 0 Å². The van der Waals surface area contributed by atoms with E-state index in [9.17, 15) is 0 Å². The predicted octanol–water partition coefficient (Wildman–Crippen LogP) is -20.9. The Labute approximate surface area is 304 Å². The molecule has 0 aliphatic rings. The summed E-state index contributed by atoms with van der Waals surface area (Å²) >= 11 is 0. The summed E-state index contributed by atoms with van der Waals surface area (Å²) in [6, 6.07) is 0. The van der Waals surface area contributed by atoms with Gasteiger partial charge in [0.2, 0.25) is 0 Å². The van der Waals surface area contributed by atoms with Crippen LogP contribution in [0.15, 0.2) is 0 Å². The van der Waals surface area contributed by atoms with E-state index in [1.807, 2.05) is 0 Å². The second-order valence-electron chi connectivity index (χ2n) is 3.13. The number of rotatable bonds is 0. The first-order chi connectivity index (χ1) is 14.0. The van der Waals surface area contributed by atoms with Gasteiger partial charge in [0.1, 0.15) is 0 Å². The maximum absolute atomic E-state index is 8.55. The second kappa shape index (κ2) is 39.0. The van der Waals surface area contributed by atoms with Crippen molar-refractivity contribution in [3.05, 3.63) is 0 Å². The maximum Gasteiger partial charge on any atom is 4.00 e. The van der Waals surface area contributed by atoms with E-state index in [-0.39, 0.29) is 117 Å². The standard InChI is InChI=1S/3Al.7H3O4P.3Ti/c;;;7*1-5(2,3)4;;;/h;;;7*(H3,1,2,3,4);;;/q3*+3;;;;;;;;3*+4/p-21. The maximum atomic E-state index is 8.55. The summed E-state index contributed by atoms with van der Waals surface area (Å²) in [5, 5.41) is 0. The number of phosphoric acid groups is 7. The second-order valence-corrected chi connectivity index (χ2v) is 9.39. The fourth-order valence-corrected chi connectivity index (χ4v) is 0. The Morgan fingerprint density at radius 3 is 0.195 bits per heavy atom. The summed E-state index contributed by atoms with van der Waals surface area (Å²) in [6.45, 7) is 0. The van der Waals surface area contributed by atoms with Crippen LogP contribution in [0.5, 0.6) is 0 Å². The topological polar surface area (TPSA) is 604 Å². The first-order valence-electron chi connectivity index (χ1n) is 5.11. The fraction of sp³-hybridized carbons (Fsp3) is 0. The zero-order chi connectivity index (χ0) is 31.5. The van der Waals surface area contributed by atoms with E-state index < -0.39 is 54.8 Å². The van der Waals surface area contributed by atoms with Gasteiger partial charge in [-0.05, 0) is 0 Å². The molecule has 0 spiro atoms. The minimum atomic E-state index is -5.39. The van der Waals surface area contributed by atoms with Crippen molar-refractivity contribution in [3.63, 3.8) is 0 Å². The van der Waals surface area contributed by atoms with Gasteiger partial charge in [-0.25, -0.2) is 0 Å². The van der Waals surface area contributed by atoms with Crippen molar-refractivity contribution in [3.8, 4) is 0 Å². The SMILES string of the molecule is O=P([O-])([O-])[O-].O=P([O-])([O-])[O-].O=P([O-])([O-])[O-].O=P([O-])([O-])[O-].O=P([O-])([O-])[O-].O=P([O-])([O-])[O-].O=P([O-])([O-])[O-].[Al+3].[Al+3].[Al+3].[Ti+4].[Ti+4].[Ti+4]. The molecule has 0 aromatic carbocycles. The van der Waals surface area contributed by atoms with E-state index >= 15 is 0 Å². The van der Waals surface area contributed by atoms with E-state index in [1.54, 1.807) is 0 Å². The van der Waals surface area contributed by atoms with Gasteiger partial charge >= 0.3 is 117 Å². The molecular weight excluding hydrogens is 889 g/mol. The van der Waals surface area contributed by atoms with Crippen molar-refractivity contribution >= 4 is 107 Å². The molecule has 0 heterocycles. The van der Waals surface area contributed by atoms with Crippen LogP contribution < -0.4 is 103 Å². The van der Waals surface area contributed by atoms with Gasteiger partial charge in [0.25, 0.3) is 0 Å². The fourth-order valence-electron chi connectivity index (χ4n) is 0. The molecule has 0 N–H and O–H groups in total. The Bertz CT molecular complexity index is 576. The molecular formula is Al3O28P7Ti3. The van der Waals surface area contributed by atoms with Crippen molar-refractivity contribution in [2.75, 3.05) is 0 Å². The summed E-state index contributed by atoms with van der Waals surface area (Å²) in [4.78, 5) is 180. The van der Waals surface area contributed by atoms with Gasteiger partial charge in [-0.1, -0.05) is 0 Å². The van der Waals surface area contributed by atoms with Crippen LogP contribution in [0, 0.1) is 0 Å². The minimum Gasteiger partial charge on any atom is -0.822 e. The Hall–Kier alpha value is 4.51. The van der Waals surface area contributed by atoms with E-state index in [1.165, 1.54) is 0 Å². The van der Waals surface area contributed by atoms with Gasteiger partial charge in [0, 0.05) is 0 Å². The van der Waals surface area contributed by atoms with Crippen LogP contribution in [0.25, 0.3) is 0 Å². The van der Waals surface area contributed by atoms with Gasteiger partial charge in [-0.2, -0.15) is 54.8 Å². The number of hydrogen-bond donors (Lipinski definition) is 0. The molecule has 0 unspecified atom stereocenters. The van der Waals surface area contributed by atoms with Crippen molar-refractivity contribution in [2.24, 2.45) is 0 Å². The molecule has 0 atom stereocenters. The van der Waals surface area contributed by atoms with Crippen molar-refractivity contribution in [1.29, 1.82) is 0 Å². The predicted molar refractivity (Wildman–Crippen MR) is 70.5 cm³/mol. The van der Waals surface area contributed by atoms with E-state index in [4.69, 9.17) is 135 Å². The molecule has 41 heteroatoms. The smallest absolute Gasteiger partial charge is 0.822 e. The Morgan fingerprint density at radius 2 is 0.195 bits per heavy atom. The Kier molecular flexibility index (Phi) is 81.0. The molecule has 224 valence electrons. The molecule has 0 bridgehead atoms. The van der Waals surface area contributed by atoms with Gasteiger partial charge in [0.05, 0.1) is 0 Å². The van der Waals surface area contributed by atoms with E-state index in [0.717, 1.165) is 0 Å². The molecule has 0 aliphatic heterocycles. The third-order valence-electron chi connectivity index (χ3n) is 0. The molecule has 0 rings (SSSR count). The van der Waals surface area contributed by atoms with Crippen LogP contribution in [0.2, 0.25) is 0 Å². The number of hydrogen-bond acceptors (Lipinski definition) is 28. The van der Waals surface area contributed by atoms with Crippen molar-refractivity contribution < 1.29 is 200 Å². The normalized spacial score (nSPS) is 10.1. The van der Waals surface area contributed by atoms with Crippen LogP contribution in [-0.2, 0) is 97.1 Å². The van der Waals surface area contributed by atoms with Crippen LogP contribution in [0.3, 0.4) is 0 Å². The summed E-state index contributed by atoms with van der Waals surface area (Å²) in [7, 11) is -37.7. The van der Waals surface area contributed by atoms with Gasteiger partial charge in [0.15, 0.2) is 0 Å². The summed E-state index contributed by atoms with van der Waals surface area (Å²) in [5.74, 6) is 0. The third kappa shape index (κ3) is 3950. The molecule has 28 nitrogen and oxygen atoms in total. The van der Waals surface area contributed by atoms with Crippen LogP contribution >= 0.6 is 54.8 Å². The average Bonchev–Trinajstić information content (AvgIpc) is 2.06. The summed E-state index contributed by atoms with van der Waals surface area (Å²) in [6.07, 6.45) is 0. The summed E-state index contributed by atoms with van der Waals surface area (Å²) < 4.78 is 59.8. The molecule has 0 aliphatic carbocycles. The largest absolute Gasteiger partial charge is 4.00 e. The molecule has 41 heavy (non-hydrogen) atoms. The van der Waals surface area contributed by atoms with E-state index in [0.29, 0.717) is 0 Å². The summed E-state index contributed by atoms with van der Waals surface area (Å²) in [5.41, 5.74) is 0. The van der Waals surface area contributed by atoms with E-state index in [2.05, 4.69) is 0 Å². The Morgan fingerprint density at radius 1 is 0.195 bits per heavy atom. The molecule has 0 fully saturated rings.